The Hall–Kier alpha value is -8.87. The van der Waals surface area contributed by atoms with Gasteiger partial charge in [-0.05, 0) is 54.6 Å². The normalized spacial score (nSPS) is 13.4. The smallest absolute Gasteiger partial charge is 0.218 e. The molecule has 74 heavy (non-hydrogen) atoms. The first-order valence-electron chi connectivity index (χ1n) is 22.5. The molecule has 0 atom stereocenters. The summed E-state index contributed by atoms with van der Waals surface area (Å²) in [6, 6.07) is 19.8. The molecular weight excluding hydrogens is 987 g/mol. The van der Waals surface area contributed by atoms with Gasteiger partial charge in [0.1, 0.15) is 37.8 Å². The summed E-state index contributed by atoms with van der Waals surface area (Å²) < 4.78 is 204. The van der Waals surface area contributed by atoms with Gasteiger partial charge in [-0.2, -0.15) is 0 Å². The van der Waals surface area contributed by atoms with Crippen LogP contribution in [-0.4, -0.2) is 15.0 Å². The minimum absolute atomic E-state index is 0.0853. The highest BCUT2D eigenvalue weighted by Gasteiger charge is 2.38. The van der Waals surface area contributed by atoms with E-state index in [9.17, 15) is 0 Å². The number of allylic oxidation sites excluding steroid dienone is 2. The zero-order valence-electron chi connectivity index (χ0n) is 38.6. The molecule has 0 saturated carbocycles. The Kier molecular flexibility index (Phi) is 11.4. The van der Waals surface area contributed by atoms with E-state index in [0.717, 1.165) is 12.1 Å². The second kappa shape index (κ2) is 17.7. The summed E-state index contributed by atoms with van der Waals surface area (Å²) >= 11 is 0. The molecule has 11 rings (SSSR count). The lowest BCUT2D eigenvalue weighted by atomic mass is 9.95. The van der Waals surface area contributed by atoms with Crippen LogP contribution in [0.15, 0.2) is 127 Å². The van der Waals surface area contributed by atoms with Gasteiger partial charge in [0, 0.05) is 93.0 Å². The monoisotopic (exact) mass is 1020 g/mol. The molecule has 9 aromatic rings. The predicted molar refractivity (Wildman–Crippen MR) is 245 cm³/mol. The first kappa shape index (κ1) is 47.5. The van der Waals surface area contributed by atoms with Gasteiger partial charge < -0.3 is 20.3 Å². The van der Waals surface area contributed by atoms with Gasteiger partial charge in [0.2, 0.25) is 17.1 Å². The number of H-pyrrole nitrogens is 3. The average Bonchev–Trinajstić information content (AvgIpc) is 4.25. The summed E-state index contributed by atoms with van der Waals surface area (Å²) in [5.74, 6) is -22.2. The largest absolute Gasteiger partial charge is 0.358 e. The average molecular weight is 1020 g/mol. The van der Waals surface area contributed by atoms with Crippen molar-refractivity contribution in [3.8, 4) is 45.2 Å². The molecule has 0 saturated heterocycles. The van der Waals surface area contributed by atoms with Crippen LogP contribution in [0.25, 0.3) is 61.9 Å². The van der Waals surface area contributed by atoms with Crippen LogP contribution in [0.3, 0.4) is 0 Å². The molecule has 0 aliphatic carbocycles. The Morgan fingerprint density at radius 3 is 1.05 bits per heavy atom. The van der Waals surface area contributed by atoms with Gasteiger partial charge >= 0.3 is 0 Å². The Labute approximate surface area is 410 Å². The molecule has 3 aromatic carbocycles. The number of rotatable bonds is 6. The van der Waals surface area contributed by atoms with E-state index in [1.54, 1.807) is 0 Å². The molecule has 6 aromatic heterocycles. The molecule has 2 aliphatic heterocycles. The summed E-state index contributed by atoms with van der Waals surface area (Å²) in [4.78, 5) is 8.64. The van der Waals surface area contributed by atoms with E-state index in [0.29, 0.717) is 0 Å². The molecular formula is C55H34F12N7+3. The third-order valence-corrected chi connectivity index (χ3v) is 13.3. The van der Waals surface area contributed by atoms with Crippen LogP contribution >= 0.6 is 0 Å². The molecule has 19 heteroatoms. The fourth-order valence-electron chi connectivity index (χ4n) is 9.73. The zero-order valence-corrected chi connectivity index (χ0v) is 38.6. The van der Waals surface area contributed by atoms with Gasteiger partial charge in [-0.15, -0.1) is 0 Å². The Morgan fingerprint density at radius 1 is 0.338 bits per heavy atom. The predicted octanol–water partition coefficient (Wildman–Crippen LogP) is 9.58. The van der Waals surface area contributed by atoms with Crippen LogP contribution in [0.1, 0.15) is 34.5 Å². The fraction of sp³-hybridized carbons (Fsp3) is 0.0727. The molecule has 0 radical (unpaired) electrons. The van der Waals surface area contributed by atoms with Gasteiger partial charge in [-0.25, -0.2) is 66.4 Å². The first-order valence-corrected chi connectivity index (χ1v) is 22.5. The lowest BCUT2D eigenvalue weighted by Gasteiger charge is -2.18. The van der Waals surface area contributed by atoms with Crippen molar-refractivity contribution in [2.45, 2.75) is 6.42 Å². The molecule has 0 unspecified atom stereocenters. The lowest BCUT2D eigenvalue weighted by molar-refractivity contribution is -0.660. The minimum Gasteiger partial charge on any atom is -0.358 e. The molecule has 370 valence electrons. The summed E-state index contributed by atoms with van der Waals surface area (Å²) in [6.07, 6.45) is 4.92. The maximum atomic E-state index is 17.0. The maximum absolute atomic E-state index is 17.0. The van der Waals surface area contributed by atoms with E-state index in [1.165, 1.54) is 138 Å². The van der Waals surface area contributed by atoms with Gasteiger partial charge in [-0.3, -0.25) is 0 Å². The summed E-state index contributed by atoms with van der Waals surface area (Å²) in [6.45, 7) is 0. The van der Waals surface area contributed by atoms with Crippen molar-refractivity contribution < 1.29 is 66.4 Å². The van der Waals surface area contributed by atoms with Crippen molar-refractivity contribution in [2.75, 3.05) is 0 Å². The molecule has 7 nitrogen and oxygen atoms in total. The van der Waals surface area contributed by atoms with Crippen LogP contribution in [-0.2, 0) is 21.1 Å². The van der Waals surface area contributed by atoms with Crippen molar-refractivity contribution in [1.29, 1.82) is 0 Å². The van der Waals surface area contributed by atoms with Crippen molar-refractivity contribution in [2.24, 2.45) is 21.1 Å². The highest BCUT2D eigenvalue weighted by Crippen LogP contribution is 2.43. The van der Waals surface area contributed by atoms with Crippen LogP contribution in [0.5, 0.6) is 0 Å². The number of hydrogen-bond acceptors (Lipinski definition) is 1. The number of hydrogen-bond donors (Lipinski definition) is 4. The summed E-state index contributed by atoms with van der Waals surface area (Å²) in [5, 5.41) is 2.01. The Morgan fingerprint density at radius 2 is 0.662 bits per heavy atom. The van der Waals surface area contributed by atoms with E-state index in [1.807, 2.05) is 0 Å². The van der Waals surface area contributed by atoms with Crippen molar-refractivity contribution >= 4 is 16.7 Å². The standard InChI is InChI=1S/C55H31F12N7/c1-72-21-7-4-10-32(72)38-44(56)50(62)41(51(63)45(38)57)35-26-15-13-24(68-26)25-14-16-27(69-25)36(42-52(64)46(58)39(47(59)53(42)65)33-11-5-8-22-73(33)2)29-18-20-31(71-29)37(30-19-17-28(35)70-30)43-54(66)48(60)40(49(61)55(43)67)34-12-6-9-23-74(34)3/h4-17,19-23,70H,18H2,1-3H3/p+3. The number of nitrogens with zero attached hydrogens (tertiary/aromatic N) is 3. The molecule has 2 aliphatic rings. The highest BCUT2D eigenvalue weighted by molar-refractivity contribution is 5.88. The zero-order chi connectivity index (χ0) is 52.2. The second-order valence-electron chi connectivity index (χ2n) is 17.5. The third kappa shape index (κ3) is 7.19. The lowest BCUT2D eigenvalue weighted by Crippen LogP contribution is -2.31. The van der Waals surface area contributed by atoms with Crippen molar-refractivity contribution in [3.63, 3.8) is 0 Å². The Bertz CT molecular complexity index is 4020. The second-order valence-corrected chi connectivity index (χ2v) is 17.5. The molecule has 8 bridgehead atoms. The van der Waals surface area contributed by atoms with E-state index in [-0.39, 0.29) is 50.9 Å². The van der Waals surface area contributed by atoms with E-state index in [4.69, 9.17) is 0 Å². The van der Waals surface area contributed by atoms with Gasteiger partial charge in [0.25, 0.3) is 0 Å². The molecule has 8 heterocycles. The first-order chi connectivity index (χ1) is 35.5. The Balaban J connectivity index is 1.23. The molecule has 0 amide bonds. The third-order valence-electron chi connectivity index (χ3n) is 13.3. The maximum Gasteiger partial charge on any atom is 0.218 e. The highest BCUT2D eigenvalue weighted by atomic mass is 19.2. The molecule has 4 N–H and O–H groups in total. The van der Waals surface area contributed by atoms with Crippen LogP contribution in [0, 0.1) is 69.8 Å². The summed E-state index contributed by atoms with van der Waals surface area (Å²) in [7, 11) is 4.17. The number of halogens is 12. The van der Waals surface area contributed by atoms with Crippen LogP contribution in [0.4, 0.5) is 52.7 Å². The minimum atomic E-state index is -1.95. The van der Waals surface area contributed by atoms with Crippen LogP contribution < -0.4 is 29.7 Å². The number of pyridine rings is 3. The van der Waals surface area contributed by atoms with E-state index in [2.05, 4.69) is 20.3 Å². The van der Waals surface area contributed by atoms with Crippen molar-refractivity contribution in [1.82, 2.24) is 20.3 Å². The van der Waals surface area contributed by atoms with Gasteiger partial charge in [0.15, 0.2) is 88.4 Å². The fourth-order valence-corrected chi connectivity index (χ4v) is 9.73. The number of nitrogens with one attached hydrogen (secondary N) is 4. The number of fused-ring (bicyclic) bond motifs is 9. The SMILES string of the molecule is C[n+]1ccccc1-c1c(F)c(F)c(C2=C3CC=C(N3)C(c3c(F)c(F)c(-c4cccc[n+]4C)c(F)c3F)=c3ccc([nH]3)=C(c3c(F)c(F)c(-c4cccc[n+]4C)c(F)c3F)c3ccc([nH]3)-c3ccc2[nH]3)c(F)c1F. The van der Waals surface area contributed by atoms with Gasteiger partial charge in [0.05, 0.1) is 28.1 Å². The van der Waals surface area contributed by atoms with E-state index < -0.39 is 137 Å². The van der Waals surface area contributed by atoms with Gasteiger partial charge in [-0.1, -0.05) is 6.08 Å². The molecule has 0 fully saturated rings. The summed E-state index contributed by atoms with van der Waals surface area (Å²) in [5.41, 5.74) is -10.6. The number of benzene rings is 3. The molecule has 0 spiro atoms. The topological polar surface area (TPSA) is 71.0 Å². The number of aromatic amines is 3. The number of aryl methyl sites for hydroxylation is 3. The van der Waals surface area contributed by atoms with Crippen LogP contribution in [0.2, 0.25) is 0 Å². The van der Waals surface area contributed by atoms with E-state index >= 15 is 52.7 Å². The van der Waals surface area contributed by atoms with Crippen molar-refractivity contribution in [3.05, 3.63) is 236 Å². The quantitative estimate of drug-likeness (QED) is 0.0749. The number of aromatic nitrogens is 6.